The third kappa shape index (κ3) is 6.19. The Balaban J connectivity index is 1.94. The summed E-state index contributed by atoms with van der Waals surface area (Å²) in [6, 6.07) is 12.7. The van der Waals surface area contributed by atoms with Gasteiger partial charge in [0.15, 0.2) is 0 Å². The number of carbonyl (C=O) groups is 1. The molecule has 1 aromatic carbocycles. The number of carbonyl (C=O) groups excluding carboxylic acids is 1. The van der Waals surface area contributed by atoms with Crippen molar-refractivity contribution in [2.45, 2.75) is 26.8 Å². The summed E-state index contributed by atoms with van der Waals surface area (Å²) in [4.78, 5) is 12.1. The molecule has 0 saturated carbocycles. The van der Waals surface area contributed by atoms with Crippen molar-refractivity contribution < 1.29 is 13.9 Å². The molecule has 1 heterocycles. The third-order valence-electron chi connectivity index (χ3n) is 3.52. The van der Waals surface area contributed by atoms with Gasteiger partial charge in [-0.1, -0.05) is 26.0 Å². The quantitative estimate of drug-likeness (QED) is 0.584. The molecule has 1 aromatic heterocycles. The zero-order chi connectivity index (χ0) is 18.1. The van der Waals surface area contributed by atoms with E-state index < -0.39 is 5.91 Å². The van der Waals surface area contributed by atoms with Gasteiger partial charge in [0.05, 0.1) is 19.4 Å². The van der Waals surface area contributed by atoms with Crippen LogP contribution in [0.3, 0.4) is 0 Å². The Bertz CT molecular complexity index is 738. The molecule has 0 atom stereocenters. The standard InChI is InChI=1S/C20H22N2O3/c1-15(2)9-11-25-18-7-5-16(6-8-18)12-17(13-21)20(23)22-14-19-4-3-10-24-19/h3-8,10,12,15H,9,11,14H2,1-2H3,(H,22,23). The fourth-order valence-electron chi connectivity index (χ4n) is 2.06. The van der Waals surface area contributed by atoms with E-state index in [1.165, 1.54) is 6.26 Å². The first kappa shape index (κ1) is 18.3. The molecule has 5 nitrogen and oxygen atoms in total. The molecule has 0 aliphatic heterocycles. The number of nitriles is 1. The summed E-state index contributed by atoms with van der Waals surface area (Å²) in [7, 11) is 0. The Hall–Kier alpha value is -3.00. The van der Waals surface area contributed by atoms with Crippen molar-refractivity contribution in [3.63, 3.8) is 0 Å². The van der Waals surface area contributed by atoms with Gasteiger partial charge in [-0.05, 0) is 48.2 Å². The van der Waals surface area contributed by atoms with Gasteiger partial charge in [0, 0.05) is 0 Å². The maximum absolute atomic E-state index is 12.1. The molecule has 1 amide bonds. The highest BCUT2D eigenvalue weighted by molar-refractivity contribution is 6.01. The number of nitrogens with one attached hydrogen (secondary N) is 1. The maximum Gasteiger partial charge on any atom is 0.262 e. The molecule has 0 bridgehead atoms. The van der Waals surface area contributed by atoms with Crippen LogP contribution in [0.2, 0.25) is 0 Å². The van der Waals surface area contributed by atoms with E-state index in [0.717, 1.165) is 17.7 Å². The first-order chi connectivity index (χ1) is 12.1. The highest BCUT2D eigenvalue weighted by atomic mass is 16.5. The Morgan fingerprint density at radius 3 is 2.68 bits per heavy atom. The van der Waals surface area contributed by atoms with E-state index >= 15 is 0 Å². The van der Waals surface area contributed by atoms with Crippen molar-refractivity contribution in [2.24, 2.45) is 5.92 Å². The summed E-state index contributed by atoms with van der Waals surface area (Å²) in [5, 5.41) is 11.9. The summed E-state index contributed by atoms with van der Waals surface area (Å²) < 4.78 is 10.8. The molecule has 2 aromatic rings. The minimum Gasteiger partial charge on any atom is -0.494 e. The van der Waals surface area contributed by atoms with E-state index in [9.17, 15) is 10.1 Å². The van der Waals surface area contributed by atoms with E-state index in [1.54, 1.807) is 18.2 Å². The van der Waals surface area contributed by atoms with Crippen LogP contribution in [0.15, 0.2) is 52.7 Å². The van der Waals surface area contributed by atoms with Gasteiger partial charge in [0.1, 0.15) is 23.2 Å². The van der Waals surface area contributed by atoms with Gasteiger partial charge in [0.2, 0.25) is 0 Å². The zero-order valence-corrected chi connectivity index (χ0v) is 14.5. The second-order valence-electron chi connectivity index (χ2n) is 6.03. The molecule has 25 heavy (non-hydrogen) atoms. The number of furan rings is 1. The molecule has 0 aliphatic carbocycles. The SMILES string of the molecule is CC(C)CCOc1ccc(C=C(C#N)C(=O)NCc2ccco2)cc1. The Morgan fingerprint density at radius 2 is 2.08 bits per heavy atom. The van der Waals surface area contributed by atoms with Crippen LogP contribution in [0, 0.1) is 17.2 Å². The van der Waals surface area contributed by atoms with E-state index in [0.29, 0.717) is 18.3 Å². The molecular weight excluding hydrogens is 316 g/mol. The number of ether oxygens (including phenoxy) is 1. The maximum atomic E-state index is 12.1. The largest absolute Gasteiger partial charge is 0.494 e. The van der Waals surface area contributed by atoms with Crippen LogP contribution in [0.25, 0.3) is 6.08 Å². The van der Waals surface area contributed by atoms with Gasteiger partial charge in [-0.3, -0.25) is 4.79 Å². The Labute approximate surface area is 147 Å². The summed E-state index contributed by atoms with van der Waals surface area (Å²) in [5.74, 6) is 1.57. The molecule has 0 saturated heterocycles. The first-order valence-corrected chi connectivity index (χ1v) is 8.23. The third-order valence-corrected chi connectivity index (χ3v) is 3.52. The van der Waals surface area contributed by atoms with E-state index in [2.05, 4.69) is 19.2 Å². The van der Waals surface area contributed by atoms with Crippen molar-refractivity contribution in [2.75, 3.05) is 6.61 Å². The number of rotatable bonds is 8. The lowest BCUT2D eigenvalue weighted by Crippen LogP contribution is -2.23. The predicted molar refractivity (Wildman–Crippen MR) is 95.5 cm³/mol. The minimum absolute atomic E-state index is 0.0417. The van der Waals surface area contributed by atoms with Crippen LogP contribution < -0.4 is 10.1 Å². The Morgan fingerprint density at radius 1 is 1.32 bits per heavy atom. The number of amides is 1. The fourth-order valence-corrected chi connectivity index (χ4v) is 2.06. The molecule has 0 radical (unpaired) electrons. The van der Waals surface area contributed by atoms with Gasteiger partial charge < -0.3 is 14.5 Å². The lowest BCUT2D eigenvalue weighted by Gasteiger charge is -2.08. The van der Waals surface area contributed by atoms with Gasteiger partial charge in [-0.15, -0.1) is 0 Å². The van der Waals surface area contributed by atoms with Crippen molar-refractivity contribution >= 4 is 12.0 Å². The minimum atomic E-state index is -0.434. The summed E-state index contributed by atoms with van der Waals surface area (Å²) in [5.41, 5.74) is 0.806. The monoisotopic (exact) mass is 338 g/mol. The summed E-state index contributed by atoms with van der Waals surface area (Å²) in [6.07, 6.45) is 4.08. The molecule has 5 heteroatoms. The van der Waals surface area contributed by atoms with Gasteiger partial charge in [0.25, 0.3) is 5.91 Å². The van der Waals surface area contributed by atoms with Crippen molar-refractivity contribution in [3.8, 4) is 11.8 Å². The second kappa shape index (κ2) is 9.33. The molecule has 1 N–H and O–H groups in total. The lowest BCUT2D eigenvalue weighted by atomic mass is 10.1. The van der Waals surface area contributed by atoms with Crippen LogP contribution in [-0.2, 0) is 11.3 Å². The molecule has 0 unspecified atom stereocenters. The van der Waals surface area contributed by atoms with Crippen LogP contribution in [0.5, 0.6) is 5.75 Å². The highest BCUT2D eigenvalue weighted by Gasteiger charge is 2.09. The smallest absolute Gasteiger partial charge is 0.262 e. The molecule has 0 fully saturated rings. The summed E-state index contributed by atoms with van der Waals surface area (Å²) in [6.45, 7) is 5.22. The second-order valence-corrected chi connectivity index (χ2v) is 6.03. The topological polar surface area (TPSA) is 75.3 Å². The summed E-state index contributed by atoms with van der Waals surface area (Å²) >= 11 is 0. The lowest BCUT2D eigenvalue weighted by molar-refractivity contribution is -0.117. The van der Waals surface area contributed by atoms with E-state index in [-0.39, 0.29) is 12.1 Å². The van der Waals surface area contributed by atoms with Crippen LogP contribution in [0.1, 0.15) is 31.6 Å². The average Bonchev–Trinajstić information content (AvgIpc) is 3.12. The predicted octanol–water partition coefficient (Wildman–Crippen LogP) is 3.93. The number of benzene rings is 1. The number of hydrogen-bond donors (Lipinski definition) is 1. The first-order valence-electron chi connectivity index (χ1n) is 8.23. The zero-order valence-electron chi connectivity index (χ0n) is 14.5. The molecule has 0 spiro atoms. The highest BCUT2D eigenvalue weighted by Crippen LogP contribution is 2.15. The number of hydrogen-bond acceptors (Lipinski definition) is 4. The van der Waals surface area contributed by atoms with Gasteiger partial charge >= 0.3 is 0 Å². The Kier molecular flexibility index (Phi) is 6.85. The van der Waals surface area contributed by atoms with Gasteiger partial charge in [-0.2, -0.15) is 5.26 Å². The van der Waals surface area contributed by atoms with Gasteiger partial charge in [-0.25, -0.2) is 0 Å². The van der Waals surface area contributed by atoms with Crippen molar-refractivity contribution in [1.82, 2.24) is 5.32 Å². The van der Waals surface area contributed by atoms with E-state index in [1.807, 2.05) is 30.3 Å². The normalized spacial score (nSPS) is 11.2. The van der Waals surface area contributed by atoms with Crippen LogP contribution in [0.4, 0.5) is 0 Å². The van der Waals surface area contributed by atoms with E-state index in [4.69, 9.17) is 9.15 Å². The van der Waals surface area contributed by atoms with Crippen molar-refractivity contribution in [1.29, 1.82) is 5.26 Å². The van der Waals surface area contributed by atoms with Crippen molar-refractivity contribution in [3.05, 3.63) is 59.6 Å². The van der Waals surface area contributed by atoms with Crippen LogP contribution in [-0.4, -0.2) is 12.5 Å². The molecule has 130 valence electrons. The average molecular weight is 338 g/mol. The molecular formula is C20H22N2O3. The number of nitrogens with zero attached hydrogens (tertiary/aromatic N) is 1. The molecule has 2 rings (SSSR count). The fraction of sp³-hybridized carbons (Fsp3) is 0.300. The molecule has 0 aliphatic rings. The van der Waals surface area contributed by atoms with Crippen LogP contribution >= 0.6 is 0 Å².